The van der Waals surface area contributed by atoms with Gasteiger partial charge >= 0.3 is 0 Å². The Labute approximate surface area is 331 Å². The summed E-state index contributed by atoms with van der Waals surface area (Å²) in [6, 6.07) is 5.79. The smallest absolute Gasteiger partial charge is 0.295 e. The maximum absolute atomic E-state index is 12.1. The zero-order valence-electron chi connectivity index (χ0n) is 28.4. The molecule has 0 bridgehead atoms. The fraction of sp³-hybridized carbons (Fsp3) is 0.344. The number of benzene rings is 2. The van der Waals surface area contributed by atoms with E-state index in [0.29, 0.717) is 33.9 Å². The predicted molar refractivity (Wildman–Crippen MR) is 214 cm³/mol. The van der Waals surface area contributed by atoms with Crippen molar-refractivity contribution in [2.75, 3.05) is 29.5 Å². The Kier molecular flexibility index (Phi) is 12.2. The molecule has 0 fully saturated rings. The fourth-order valence-corrected chi connectivity index (χ4v) is 10.8. The number of halogens is 2. The van der Waals surface area contributed by atoms with Crippen molar-refractivity contribution in [3.05, 3.63) is 90.3 Å². The molecule has 0 amide bonds. The lowest BCUT2D eigenvalue weighted by molar-refractivity contribution is -0.432. The van der Waals surface area contributed by atoms with Gasteiger partial charge in [-0.2, -0.15) is 38.2 Å². The summed E-state index contributed by atoms with van der Waals surface area (Å²) >= 11 is 3.55. The van der Waals surface area contributed by atoms with Crippen LogP contribution in [0.25, 0.3) is 0 Å². The number of hydrogen-bond acceptors (Lipinski definition) is 9. The Hall–Kier alpha value is -2.03. The molecule has 0 saturated carbocycles. The van der Waals surface area contributed by atoms with Gasteiger partial charge in [-0.15, -0.1) is 0 Å². The monoisotopic (exact) mass is 1020 g/mol. The predicted octanol–water partition coefficient (Wildman–Crippen LogP) is 5.28. The third kappa shape index (κ3) is 9.42. The molecule has 2 heterocycles. The van der Waals surface area contributed by atoms with Crippen LogP contribution in [0.4, 0.5) is 11.4 Å². The Bertz CT molecular complexity index is 2450. The first kappa shape index (κ1) is 42.7. The maximum atomic E-state index is 12.1. The molecule has 2 aliphatic heterocycles. The Balaban J connectivity index is 1.72. The minimum atomic E-state index is -4.55. The van der Waals surface area contributed by atoms with Crippen molar-refractivity contribution in [1.82, 2.24) is 0 Å². The van der Waals surface area contributed by atoms with Crippen LogP contribution in [0.3, 0.4) is 0 Å². The molecule has 2 aliphatic rings. The van der Waals surface area contributed by atoms with Crippen molar-refractivity contribution in [3.8, 4) is 0 Å². The third-order valence-corrected chi connectivity index (χ3v) is 14.5. The van der Waals surface area contributed by atoms with Crippen LogP contribution < -0.4 is 4.90 Å². The van der Waals surface area contributed by atoms with Gasteiger partial charge in [-0.25, -0.2) is 0 Å². The van der Waals surface area contributed by atoms with Crippen molar-refractivity contribution in [2.45, 2.75) is 55.2 Å². The lowest BCUT2D eigenvalue weighted by Crippen LogP contribution is -2.30. The number of hydrogen-bond donors (Lipinski definition) is 4. The van der Waals surface area contributed by atoms with E-state index in [1.165, 1.54) is 24.3 Å². The quantitative estimate of drug-likeness (QED) is 0.0921. The first-order chi connectivity index (χ1) is 23.6. The molecule has 2 aromatic carbocycles. The molecule has 52 heavy (non-hydrogen) atoms. The van der Waals surface area contributed by atoms with Gasteiger partial charge in [0.05, 0.1) is 11.2 Å². The van der Waals surface area contributed by atoms with Crippen LogP contribution in [0, 0.1) is 7.14 Å². The van der Waals surface area contributed by atoms with E-state index in [0.717, 1.165) is 5.57 Å². The summed E-state index contributed by atoms with van der Waals surface area (Å²) in [7, 11) is -17.8. The maximum Gasteiger partial charge on any atom is 0.295 e. The molecular weight excluding hydrogens is 986 g/mol. The SMILES string of the molecule is CC(/C=C/C=C1/N(CCS(=O)(=O)O)c2cc([131I])c(S(=O)(=O)O)cc2C1(C)C)=C\C=C\C1=[N+](CCS(=O)(=O)O)c2cc([123I])c(S(=O)(=O)O)cc2C1(C)C. The van der Waals surface area contributed by atoms with E-state index in [-0.39, 0.29) is 30.0 Å². The molecule has 0 saturated heterocycles. The highest BCUT2D eigenvalue weighted by Crippen LogP contribution is 2.49. The highest BCUT2D eigenvalue weighted by Gasteiger charge is 2.46. The molecule has 14 nitrogen and oxygen atoms in total. The molecule has 2 aromatic rings. The van der Waals surface area contributed by atoms with Gasteiger partial charge in [0, 0.05) is 48.2 Å². The second kappa shape index (κ2) is 14.9. The van der Waals surface area contributed by atoms with Gasteiger partial charge in [-0.3, -0.25) is 18.2 Å². The Morgan fingerprint density at radius 2 is 1.40 bits per heavy atom. The number of allylic oxidation sites excluding steroid dienone is 8. The number of rotatable bonds is 12. The number of anilines is 1. The summed E-state index contributed by atoms with van der Waals surface area (Å²) in [6.07, 6.45) is 10.4. The van der Waals surface area contributed by atoms with E-state index >= 15 is 0 Å². The van der Waals surface area contributed by atoms with Crippen molar-refractivity contribution in [3.63, 3.8) is 0 Å². The van der Waals surface area contributed by atoms with Crippen LogP contribution in [-0.4, -0.2) is 86.8 Å². The molecule has 4 N–H and O–H groups in total. The zero-order valence-corrected chi connectivity index (χ0v) is 36.0. The van der Waals surface area contributed by atoms with Crippen LogP contribution in [0.1, 0.15) is 45.7 Å². The topological polar surface area (TPSA) is 224 Å². The average molecular weight is 1020 g/mol. The second-order valence-corrected chi connectivity index (χ2v) is 21.5. The average Bonchev–Trinajstić information content (AvgIpc) is 3.29. The molecule has 0 aliphatic carbocycles. The summed E-state index contributed by atoms with van der Waals surface area (Å²) in [5.41, 5.74) is 2.35. The van der Waals surface area contributed by atoms with Crippen LogP contribution in [0.5, 0.6) is 0 Å². The second-order valence-electron chi connectivity index (χ2n) is 13.2. The van der Waals surface area contributed by atoms with Gasteiger partial charge in [0.1, 0.15) is 15.5 Å². The van der Waals surface area contributed by atoms with E-state index in [9.17, 15) is 51.9 Å². The largest absolute Gasteiger partial charge is 0.343 e. The molecule has 0 aromatic heterocycles. The molecule has 4 rings (SSSR count). The Morgan fingerprint density at radius 3 is 1.96 bits per heavy atom. The lowest BCUT2D eigenvalue weighted by atomic mass is 9.81. The van der Waals surface area contributed by atoms with Gasteiger partial charge in [0.2, 0.25) is 5.69 Å². The van der Waals surface area contributed by atoms with Crippen LogP contribution in [-0.2, 0) is 51.3 Å². The summed E-state index contributed by atoms with van der Waals surface area (Å²) in [5.74, 6) is -1.19. The van der Waals surface area contributed by atoms with Gasteiger partial charge in [-0.1, -0.05) is 43.7 Å². The van der Waals surface area contributed by atoms with E-state index in [2.05, 4.69) is 0 Å². The summed E-state index contributed by atoms with van der Waals surface area (Å²) < 4.78 is 136. The van der Waals surface area contributed by atoms with Gasteiger partial charge in [-0.05, 0) is 95.8 Å². The van der Waals surface area contributed by atoms with Gasteiger partial charge in [0.25, 0.3) is 40.5 Å². The van der Waals surface area contributed by atoms with E-state index < -0.39 is 62.8 Å². The van der Waals surface area contributed by atoms with Crippen LogP contribution in [0.15, 0.2) is 81.8 Å². The molecule has 20 heteroatoms. The first-order valence-electron chi connectivity index (χ1n) is 15.3. The third-order valence-electron chi connectivity index (χ3n) is 8.82. The van der Waals surface area contributed by atoms with Crippen LogP contribution in [0.2, 0.25) is 0 Å². The van der Waals surface area contributed by atoms with Crippen LogP contribution >= 0.6 is 45.2 Å². The highest BCUT2D eigenvalue weighted by molar-refractivity contribution is 14.1. The fourth-order valence-electron chi connectivity index (χ4n) is 6.27. The summed E-state index contributed by atoms with van der Waals surface area (Å²) in [5, 5.41) is 0. The standard InChI is InChI=1S/C32H36I2N2O12S4/c1-20(8-6-10-29-31(2,3)21-16-27(51(43,44)45)23(33)18-25(21)35(29)12-14-49(37,38)39)9-7-11-30-32(4,5)22-17-28(52(46,47)48)24(34)19-26(22)36(30)13-15-50(40,41)42/h6-11,16-19H,12-15H2,1-5H3,(H3-,37,38,39,40,41,42,43,44,45,46,47,48)/p+1/i33-4,34+4. The molecular formula is C32H37I2N2O12S4+. The number of fused-ring (bicyclic) bond motifs is 2. The summed E-state index contributed by atoms with van der Waals surface area (Å²) in [4.78, 5) is 1.11. The van der Waals surface area contributed by atoms with Crippen molar-refractivity contribution in [2.24, 2.45) is 0 Å². The lowest BCUT2D eigenvalue weighted by Gasteiger charge is -2.26. The van der Waals surface area contributed by atoms with E-state index in [1.54, 1.807) is 98.0 Å². The number of nitrogens with zero attached hydrogens (tertiary/aromatic N) is 2. The molecule has 0 radical (unpaired) electrons. The highest BCUT2D eigenvalue weighted by atomic mass is 131. The molecule has 0 unspecified atom stereocenters. The van der Waals surface area contributed by atoms with Crippen molar-refractivity contribution in [1.29, 1.82) is 0 Å². The minimum absolute atomic E-state index is 0.135. The minimum Gasteiger partial charge on any atom is -0.343 e. The van der Waals surface area contributed by atoms with Gasteiger partial charge in [0.15, 0.2) is 12.3 Å². The van der Waals surface area contributed by atoms with E-state index in [1.807, 2.05) is 27.7 Å². The normalized spacial score (nSPS) is 18.6. The summed E-state index contributed by atoms with van der Waals surface area (Å²) in [6.45, 7) is 8.80. The first-order valence-corrected chi connectivity index (χ1v) is 23.5. The zero-order chi connectivity index (χ0) is 39.4. The molecule has 0 atom stereocenters. The van der Waals surface area contributed by atoms with Gasteiger partial charge < -0.3 is 4.90 Å². The van der Waals surface area contributed by atoms with Crippen molar-refractivity contribution >= 4 is 103 Å². The Morgan fingerprint density at radius 1 is 0.827 bits per heavy atom. The molecule has 0 spiro atoms. The molecule has 284 valence electrons. The van der Waals surface area contributed by atoms with E-state index in [4.69, 9.17) is 0 Å². The van der Waals surface area contributed by atoms with Crippen molar-refractivity contribution < 1.29 is 56.5 Å².